The molecule has 0 saturated heterocycles. The number of nitrogens with one attached hydrogen (secondary N) is 2. The van der Waals surface area contributed by atoms with Gasteiger partial charge in [0.05, 0.1) is 4.92 Å². The highest BCUT2D eigenvalue weighted by Gasteiger charge is 2.21. The lowest BCUT2D eigenvalue weighted by Gasteiger charge is -2.06. The fraction of sp³-hybridized carbons (Fsp3) is 0.375. The molecular weight excluding hydrogens is 228 g/mol. The first kappa shape index (κ1) is 12.6. The number of hydrogen-bond acceptors (Lipinski definition) is 7. The minimum absolute atomic E-state index is 0.0515. The van der Waals surface area contributed by atoms with E-state index in [-0.39, 0.29) is 30.3 Å². The number of primary amides is 1. The van der Waals surface area contributed by atoms with Crippen LogP contribution in [0.5, 0.6) is 0 Å². The third-order valence-corrected chi connectivity index (χ3v) is 1.91. The molecule has 0 spiro atoms. The number of hydrogen-bond donors (Lipinski definition) is 3. The molecule has 0 aliphatic carbocycles. The zero-order valence-corrected chi connectivity index (χ0v) is 9.14. The van der Waals surface area contributed by atoms with Gasteiger partial charge in [0.15, 0.2) is 0 Å². The van der Waals surface area contributed by atoms with Gasteiger partial charge in [0.2, 0.25) is 17.5 Å². The Kier molecular flexibility index (Phi) is 4.14. The van der Waals surface area contributed by atoms with Crippen LogP contribution in [0.2, 0.25) is 0 Å². The average Bonchev–Trinajstić information content (AvgIpc) is 2.27. The van der Waals surface area contributed by atoms with Crippen LogP contribution in [0.3, 0.4) is 0 Å². The summed E-state index contributed by atoms with van der Waals surface area (Å²) in [4.78, 5) is 28.3. The summed E-state index contributed by atoms with van der Waals surface area (Å²) in [7, 11) is 1.52. The van der Waals surface area contributed by atoms with Crippen molar-refractivity contribution in [3.05, 3.63) is 16.4 Å². The van der Waals surface area contributed by atoms with E-state index in [2.05, 4.69) is 20.6 Å². The van der Waals surface area contributed by atoms with Crippen LogP contribution >= 0.6 is 0 Å². The Morgan fingerprint density at radius 2 is 2.18 bits per heavy atom. The van der Waals surface area contributed by atoms with Crippen molar-refractivity contribution in [2.24, 2.45) is 5.73 Å². The van der Waals surface area contributed by atoms with Gasteiger partial charge < -0.3 is 16.4 Å². The summed E-state index contributed by atoms with van der Waals surface area (Å²) in [5, 5.41) is 16.1. The van der Waals surface area contributed by atoms with Crippen molar-refractivity contribution >= 4 is 23.2 Å². The molecule has 1 aromatic rings. The minimum atomic E-state index is -0.599. The van der Waals surface area contributed by atoms with Gasteiger partial charge in [-0.1, -0.05) is 0 Å². The fourth-order valence-electron chi connectivity index (χ4n) is 1.17. The molecule has 0 aliphatic heterocycles. The molecule has 0 aromatic carbocycles. The number of amides is 1. The second kappa shape index (κ2) is 5.58. The lowest BCUT2D eigenvalue weighted by Crippen LogP contribution is -2.17. The van der Waals surface area contributed by atoms with E-state index in [1.165, 1.54) is 13.4 Å². The smallest absolute Gasteiger partial charge is 0.353 e. The van der Waals surface area contributed by atoms with Gasteiger partial charge in [-0.15, -0.1) is 0 Å². The molecule has 1 aromatic heterocycles. The second-order valence-corrected chi connectivity index (χ2v) is 3.07. The van der Waals surface area contributed by atoms with Crippen molar-refractivity contribution in [2.75, 3.05) is 24.2 Å². The van der Waals surface area contributed by atoms with Crippen molar-refractivity contribution in [3.8, 4) is 0 Å². The predicted molar refractivity (Wildman–Crippen MR) is 60.5 cm³/mol. The van der Waals surface area contributed by atoms with E-state index in [0.29, 0.717) is 0 Å². The molecule has 17 heavy (non-hydrogen) atoms. The van der Waals surface area contributed by atoms with Crippen LogP contribution < -0.4 is 16.4 Å². The highest BCUT2D eigenvalue weighted by atomic mass is 16.6. The number of nitrogens with two attached hydrogens (primary N) is 1. The fourth-order valence-corrected chi connectivity index (χ4v) is 1.17. The van der Waals surface area contributed by atoms with E-state index < -0.39 is 10.8 Å². The molecule has 0 saturated carbocycles. The number of rotatable bonds is 6. The van der Waals surface area contributed by atoms with Gasteiger partial charge in [0, 0.05) is 20.0 Å². The topological polar surface area (TPSA) is 136 Å². The number of anilines is 2. The van der Waals surface area contributed by atoms with Gasteiger partial charge in [0.25, 0.3) is 0 Å². The molecule has 0 fully saturated rings. The quantitative estimate of drug-likeness (QED) is 0.459. The monoisotopic (exact) mass is 240 g/mol. The second-order valence-electron chi connectivity index (χ2n) is 3.07. The normalized spacial score (nSPS) is 9.71. The molecule has 0 aliphatic rings. The van der Waals surface area contributed by atoms with Crippen LogP contribution in [-0.2, 0) is 4.79 Å². The summed E-state index contributed by atoms with van der Waals surface area (Å²) in [5.74, 6) is -0.342. The molecule has 0 radical (unpaired) electrons. The van der Waals surface area contributed by atoms with Crippen LogP contribution in [0.25, 0.3) is 0 Å². The largest absolute Gasteiger partial charge is 0.370 e. The van der Waals surface area contributed by atoms with Gasteiger partial charge >= 0.3 is 5.69 Å². The maximum Gasteiger partial charge on any atom is 0.353 e. The van der Waals surface area contributed by atoms with E-state index in [1.807, 2.05) is 0 Å². The number of nitro groups is 1. The number of carbonyl (C=O) groups excluding carboxylic acids is 1. The summed E-state index contributed by atoms with van der Waals surface area (Å²) < 4.78 is 0. The number of nitrogens with zero attached hydrogens (tertiary/aromatic N) is 3. The molecular formula is C8H12N6O3. The summed E-state index contributed by atoms with van der Waals surface area (Å²) in [6.45, 7) is 0.177. The van der Waals surface area contributed by atoms with Crippen LogP contribution in [-0.4, -0.2) is 34.4 Å². The standard InChI is InChI=1S/C8H12N6O3/c1-10-7-6(14(16)17)8(13-4-12-7)11-3-2-5(9)15/h4H,2-3H2,1H3,(H2,9,15)(H2,10,11,12,13). The summed E-state index contributed by atoms with van der Waals surface area (Å²) >= 11 is 0. The van der Waals surface area contributed by atoms with Crippen molar-refractivity contribution < 1.29 is 9.72 Å². The molecule has 0 unspecified atom stereocenters. The van der Waals surface area contributed by atoms with E-state index in [1.54, 1.807) is 0 Å². The van der Waals surface area contributed by atoms with Crippen molar-refractivity contribution in [3.63, 3.8) is 0 Å². The van der Waals surface area contributed by atoms with Gasteiger partial charge in [-0.2, -0.15) is 0 Å². The Labute approximate surface area is 96.6 Å². The summed E-state index contributed by atoms with van der Waals surface area (Å²) in [6, 6.07) is 0. The Morgan fingerprint density at radius 1 is 1.53 bits per heavy atom. The first-order chi connectivity index (χ1) is 8.06. The van der Waals surface area contributed by atoms with Crippen molar-refractivity contribution in [2.45, 2.75) is 6.42 Å². The maximum atomic E-state index is 10.9. The zero-order chi connectivity index (χ0) is 12.8. The molecule has 92 valence electrons. The third-order valence-electron chi connectivity index (χ3n) is 1.91. The number of aromatic nitrogens is 2. The predicted octanol–water partition coefficient (Wildman–Crippen LogP) is -0.286. The highest BCUT2D eigenvalue weighted by Crippen LogP contribution is 2.27. The van der Waals surface area contributed by atoms with E-state index in [9.17, 15) is 14.9 Å². The third kappa shape index (κ3) is 3.26. The van der Waals surface area contributed by atoms with Crippen LogP contribution in [0, 0.1) is 10.1 Å². The van der Waals surface area contributed by atoms with Gasteiger partial charge in [-0.25, -0.2) is 9.97 Å². The maximum absolute atomic E-state index is 10.9. The van der Waals surface area contributed by atoms with E-state index >= 15 is 0 Å². The molecule has 9 heteroatoms. The SMILES string of the molecule is CNc1ncnc(NCCC(N)=O)c1[N+](=O)[O-]. The van der Waals surface area contributed by atoms with Gasteiger partial charge in [-0.3, -0.25) is 14.9 Å². The molecule has 0 bridgehead atoms. The average molecular weight is 240 g/mol. The van der Waals surface area contributed by atoms with E-state index in [0.717, 1.165) is 0 Å². The van der Waals surface area contributed by atoms with Crippen LogP contribution in [0.4, 0.5) is 17.3 Å². The lowest BCUT2D eigenvalue weighted by atomic mass is 10.4. The Morgan fingerprint density at radius 3 is 2.71 bits per heavy atom. The van der Waals surface area contributed by atoms with E-state index in [4.69, 9.17) is 5.73 Å². The first-order valence-electron chi connectivity index (χ1n) is 4.75. The summed E-state index contributed by atoms with van der Waals surface area (Å²) in [5.41, 5.74) is 4.69. The van der Waals surface area contributed by atoms with Crippen molar-refractivity contribution in [1.29, 1.82) is 0 Å². The van der Waals surface area contributed by atoms with Gasteiger partial charge in [0.1, 0.15) is 6.33 Å². The Balaban J connectivity index is 2.90. The zero-order valence-electron chi connectivity index (χ0n) is 9.14. The Hall–Kier alpha value is -2.45. The highest BCUT2D eigenvalue weighted by molar-refractivity contribution is 5.75. The molecule has 4 N–H and O–H groups in total. The minimum Gasteiger partial charge on any atom is -0.370 e. The lowest BCUT2D eigenvalue weighted by molar-refractivity contribution is -0.383. The first-order valence-corrected chi connectivity index (χ1v) is 4.75. The number of carbonyl (C=O) groups is 1. The Bertz CT molecular complexity index is 435. The molecule has 1 amide bonds. The molecule has 0 atom stereocenters. The van der Waals surface area contributed by atoms with Gasteiger partial charge in [-0.05, 0) is 0 Å². The van der Waals surface area contributed by atoms with Crippen molar-refractivity contribution in [1.82, 2.24) is 9.97 Å². The summed E-state index contributed by atoms with van der Waals surface area (Å²) in [6.07, 6.45) is 1.25. The molecule has 9 nitrogen and oxygen atoms in total. The van der Waals surface area contributed by atoms with Crippen LogP contribution in [0.1, 0.15) is 6.42 Å². The van der Waals surface area contributed by atoms with Crippen LogP contribution in [0.15, 0.2) is 6.33 Å². The molecule has 1 rings (SSSR count). The molecule has 1 heterocycles.